The molecule has 1 aromatic carbocycles. The Kier molecular flexibility index (Phi) is 3.73. The second-order valence-corrected chi connectivity index (χ2v) is 4.34. The van der Waals surface area contributed by atoms with Crippen LogP contribution in [0, 0.1) is 6.57 Å². The fraction of sp³-hybridized carbons (Fsp3) is 0.231. The van der Waals surface area contributed by atoms with Crippen LogP contribution >= 0.6 is 11.3 Å². The predicted octanol–water partition coefficient (Wildman–Crippen LogP) is 3.63. The van der Waals surface area contributed by atoms with Gasteiger partial charge in [0.2, 0.25) is 0 Å². The van der Waals surface area contributed by atoms with Crippen molar-refractivity contribution in [2.24, 2.45) is 0 Å². The highest BCUT2D eigenvalue weighted by Crippen LogP contribution is 2.24. The second-order valence-electron chi connectivity index (χ2n) is 3.40. The van der Waals surface area contributed by atoms with Crippen molar-refractivity contribution < 1.29 is 4.74 Å². The highest BCUT2D eigenvalue weighted by molar-refractivity contribution is 7.09. The van der Waals surface area contributed by atoms with Gasteiger partial charge >= 0.3 is 0 Å². The van der Waals surface area contributed by atoms with Crippen LogP contribution in [0.5, 0.6) is 5.75 Å². The van der Waals surface area contributed by atoms with Crippen LogP contribution in [0.1, 0.15) is 11.9 Å². The Morgan fingerprint density at radius 1 is 1.35 bits per heavy atom. The van der Waals surface area contributed by atoms with Crippen molar-refractivity contribution in [2.45, 2.75) is 13.5 Å². The molecule has 0 amide bonds. The summed E-state index contributed by atoms with van der Waals surface area (Å²) in [6.45, 7) is 9.80. The van der Waals surface area contributed by atoms with E-state index in [9.17, 15) is 0 Å². The molecule has 0 aliphatic carbocycles. The van der Waals surface area contributed by atoms with E-state index in [1.807, 2.05) is 36.6 Å². The van der Waals surface area contributed by atoms with Crippen LogP contribution in [0.4, 0.5) is 0 Å². The van der Waals surface area contributed by atoms with Crippen LogP contribution in [0.3, 0.4) is 0 Å². The number of rotatable bonds is 4. The Bertz CT molecular complexity index is 525. The quantitative estimate of drug-likeness (QED) is 0.768. The number of hydrogen-bond acceptors (Lipinski definition) is 3. The van der Waals surface area contributed by atoms with E-state index in [0.717, 1.165) is 22.0 Å². The minimum absolute atomic E-state index is 0.363. The number of thiazole rings is 1. The second kappa shape index (κ2) is 5.46. The van der Waals surface area contributed by atoms with E-state index in [1.165, 1.54) is 11.3 Å². The van der Waals surface area contributed by atoms with Crippen molar-refractivity contribution in [1.29, 1.82) is 0 Å². The Hall–Kier alpha value is -1.86. The molecule has 0 saturated carbocycles. The van der Waals surface area contributed by atoms with Gasteiger partial charge < -0.3 is 9.58 Å². The lowest BCUT2D eigenvalue weighted by atomic mass is 10.2. The van der Waals surface area contributed by atoms with E-state index in [1.54, 1.807) is 0 Å². The standard InChI is InChI=1S/C13H12N2OS/c1-3-16-11-6-4-10(5-7-11)12-9-17-13(15-12)8-14-2/h4-7,9H,3,8H2,1H3. The fourth-order valence-corrected chi connectivity index (χ4v) is 2.20. The number of ether oxygens (including phenoxy) is 1. The monoisotopic (exact) mass is 244 g/mol. The first kappa shape index (κ1) is 11.6. The molecule has 0 spiro atoms. The zero-order valence-electron chi connectivity index (χ0n) is 9.51. The van der Waals surface area contributed by atoms with Gasteiger partial charge in [0.25, 0.3) is 6.54 Å². The summed E-state index contributed by atoms with van der Waals surface area (Å²) in [5, 5.41) is 2.85. The van der Waals surface area contributed by atoms with Crippen molar-refractivity contribution in [1.82, 2.24) is 4.98 Å². The minimum atomic E-state index is 0.363. The highest BCUT2D eigenvalue weighted by Gasteiger charge is 2.06. The first-order chi connectivity index (χ1) is 8.33. The van der Waals surface area contributed by atoms with Crippen LogP contribution in [-0.4, -0.2) is 11.6 Å². The lowest BCUT2D eigenvalue weighted by molar-refractivity contribution is 0.340. The number of nitrogens with zero attached hydrogens (tertiary/aromatic N) is 2. The average Bonchev–Trinajstić information content (AvgIpc) is 2.80. The van der Waals surface area contributed by atoms with Crippen molar-refractivity contribution in [3.8, 4) is 17.0 Å². The van der Waals surface area contributed by atoms with E-state index in [2.05, 4.69) is 9.83 Å². The predicted molar refractivity (Wildman–Crippen MR) is 69.0 cm³/mol. The van der Waals surface area contributed by atoms with Crippen LogP contribution in [-0.2, 0) is 6.54 Å². The van der Waals surface area contributed by atoms with E-state index < -0.39 is 0 Å². The molecule has 3 nitrogen and oxygen atoms in total. The minimum Gasteiger partial charge on any atom is -0.494 e. The largest absolute Gasteiger partial charge is 0.494 e. The molecule has 0 bridgehead atoms. The molecule has 4 heteroatoms. The summed E-state index contributed by atoms with van der Waals surface area (Å²) in [7, 11) is 0. The van der Waals surface area contributed by atoms with Crippen LogP contribution < -0.4 is 4.74 Å². The maximum absolute atomic E-state index is 6.80. The van der Waals surface area contributed by atoms with Crippen molar-refractivity contribution >= 4 is 11.3 Å². The summed E-state index contributed by atoms with van der Waals surface area (Å²) in [6, 6.07) is 7.85. The van der Waals surface area contributed by atoms with Gasteiger partial charge in [-0.3, -0.25) is 0 Å². The SMILES string of the molecule is [C-]#[N+]Cc1nc(-c2ccc(OCC)cc2)cs1. The number of hydrogen-bond donors (Lipinski definition) is 0. The molecule has 1 heterocycles. The summed E-state index contributed by atoms with van der Waals surface area (Å²) < 4.78 is 5.38. The molecule has 0 atom stereocenters. The van der Waals surface area contributed by atoms with Gasteiger partial charge in [-0.2, -0.15) is 0 Å². The Labute approximate surface area is 105 Å². The number of benzene rings is 1. The lowest BCUT2D eigenvalue weighted by Crippen LogP contribution is -1.90. The van der Waals surface area contributed by atoms with E-state index in [0.29, 0.717) is 13.2 Å². The number of aromatic nitrogens is 1. The molecular weight excluding hydrogens is 232 g/mol. The third kappa shape index (κ3) is 2.83. The van der Waals surface area contributed by atoms with Gasteiger partial charge in [-0.05, 0) is 31.2 Å². The Morgan fingerprint density at radius 2 is 2.12 bits per heavy atom. The zero-order valence-corrected chi connectivity index (χ0v) is 10.3. The van der Waals surface area contributed by atoms with Crippen molar-refractivity contribution in [2.75, 3.05) is 6.61 Å². The summed E-state index contributed by atoms with van der Waals surface area (Å²) in [4.78, 5) is 7.74. The first-order valence-corrected chi connectivity index (χ1v) is 6.22. The Balaban J connectivity index is 2.18. The normalized spacial score (nSPS) is 9.88. The molecule has 0 unspecified atom stereocenters. The summed E-state index contributed by atoms with van der Waals surface area (Å²) in [6.07, 6.45) is 0. The topological polar surface area (TPSA) is 26.5 Å². The molecule has 0 aliphatic rings. The van der Waals surface area contributed by atoms with Gasteiger partial charge in [0.1, 0.15) is 5.75 Å². The molecular formula is C13H12N2OS. The molecule has 17 heavy (non-hydrogen) atoms. The summed E-state index contributed by atoms with van der Waals surface area (Å²) >= 11 is 1.53. The van der Waals surface area contributed by atoms with E-state index in [4.69, 9.17) is 11.3 Å². The Morgan fingerprint density at radius 3 is 2.76 bits per heavy atom. The maximum Gasteiger partial charge on any atom is 0.265 e. The van der Waals surface area contributed by atoms with Gasteiger partial charge in [-0.25, -0.2) is 11.6 Å². The molecule has 0 fully saturated rings. The van der Waals surface area contributed by atoms with Crippen LogP contribution in [0.25, 0.3) is 16.1 Å². The molecule has 2 rings (SSSR count). The molecule has 2 aromatic rings. The smallest absolute Gasteiger partial charge is 0.265 e. The highest BCUT2D eigenvalue weighted by atomic mass is 32.1. The van der Waals surface area contributed by atoms with Gasteiger partial charge in [0, 0.05) is 10.9 Å². The maximum atomic E-state index is 6.80. The van der Waals surface area contributed by atoms with Gasteiger partial charge in [0.15, 0.2) is 5.01 Å². The third-order valence-electron chi connectivity index (χ3n) is 2.23. The molecule has 1 aromatic heterocycles. The molecule has 86 valence electrons. The molecule has 0 aliphatic heterocycles. The molecule has 0 saturated heterocycles. The zero-order chi connectivity index (χ0) is 12.1. The lowest BCUT2D eigenvalue weighted by Gasteiger charge is -2.02. The van der Waals surface area contributed by atoms with E-state index >= 15 is 0 Å². The fourth-order valence-electron chi connectivity index (χ4n) is 1.47. The molecule has 0 N–H and O–H groups in total. The van der Waals surface area contributed by atoms with Crippen molar-refractivity contribution in [3.05, 3.63) is 46.1 Å². The summed E-state index contributed by atoms with van der Waals surface area (Å²) in [5.41, 5.74) is 1.98. The molecule has 0 radical (unpaired) electrons. The van der Waals surface area contributed by atoms with Gasteiger partial charge in [-0.15, -0.1) is 11.3 Å². The van der Waals surface area contributed by atoms with E-state index in [-0.39, 0.29) is 0 Å². The van der Waals surface area contributed by atoms with Crippen LogP contribution in [0.15, 0.2) is 29.6 Å². The van der Waals surface area contributed by atoms with Crippen molar-refractivity contribution in [3.63, 3.8) is 0 Å². The van der Waals surface area contributed by atoms with Gasteiger partial charge in [-0.1, -0.05) is 0 Å². The third-order valence-corrected chi connectivity index (χ3v) is 3.06. The average molecular weight is 244 g/mol. The van der Waals surface area contributed by atoms with Gasteiger partial charge in [0.05, 0.1) is 12.3 Å². The first-order valence-electron chi connectivity index (χ1n) is 5.34. The summed E-state index contributed by atoms with van der Waals surface area (Å²) in [5.74, 6) is 0.868. The van der Waals surface area contributed by atoms with Crippen LogP contribution in [0.2, 0.25) is 0 Å².